The minimum Gasteiger partial charge on any atom is -0.348 e. The van der Waals surface area contributed by atoms with Gasteiger partial charge in [0.05, 0.1) is 5.56 Å². The van der Waals surface area contributed by atoms with Crippen LogP contribution < -0.4 is 10.6 Å². The molecule has 6 heteroatoms. The zero-order valence-corrected chi connectivity index (χ0v) is 16.8. The monoisotopic (exact) mass is 395 g/mol. The molecule has 5 nitrogen and oxygen atoms in total. The van der Waals surface area contributed by atoms with E-state index in [4.69, 9.17) is 11.6 Å². The largest absolute Gasteiger partial charge is 0.348 e. The fourth-order valence-electron chi connectivity index (χ4n) is 2.82. The Balaban J connectivity index is 1.96. The molecule has 0 saturated heterocycles. The second-order valence-corrected chi connectivity index (χ2v) is 7.17. The molecule has 28 heavy (non-hydrogen) atoms. The second kappa shape index (κ2) is 8.40. The summed E-state index contributed by atoms with van der Waals surface area (Å²) in [6, 6.07) is 12.7. The number of amides is 2. The molecule has 1 heterocycles. The minimum absolute atomic E-state index is 0.0438. The number of carbonyl (C=O) groups excluding carboxylic acids is 2. The van der Waals surface area contributed by atoms with E-state index < -0.39 is 0 Å². The first-order valence-corrected chi connectivity index (χ1v) is 9.54. The van der Waals surface area contributed by atoms with E-state index in [2.05, 4.69) is 15.6 Å². The number of hydrogen-bond donors (Lipinski definition) is 2. The van der Waals surface area contributed by atoms with Crippen LogP contribution in [0.25, 0.3) is 10.8 Å². The van der Waals surface area contributed by atoms with Crippen molar-refractivity contribution in [3.05, 3.63) is 70.5 Å². The van der Waals surface area contributed by atoms with Gasteiger partial charge in [0.15, 0.2) is 0 Å². The molecule has 2 aromatic carbocycles. The van der Waals surface area contributed by atoms with Crippen LogP contribution in [0.4, 0.5) is 5.69 Å². The number of hydrogen-bond acceptors (Lipinski definition) is 3. The van der Waals surface area contributed by atoms with Gasteiger partial charge in [0, 0.05) is 28.3 Å². The number of nitrogens with one attached hydrogen (secondary N) is 2. The molecule has 144 valence electrons. The summed E-state index contributed by atoms with van der Waals surface area (Å²) < 4.78 is 0. The highest BCUT2D eigenvalue weighted by molar-refractivity contribution is 6.31. The molecule has 3 rings (SSSR count). The van der Waals surface area contributed by atoms with Gasteiger partial charge < -0.3 is 10.6 Å². The van der Waals surface area contributed by atoms with Crippen molar-refractivity contribution in [1.29, 1.82) is 0 Å². The SMILES string of the molecule is CC[C@@H](C)NC(=O)c1ncc(C(=O)Nc2ccc(C)c(Cl)c2)c2ccccc12. The lowest BCUT2D eigenvalue weighted by molar-refractivity contribution is 0.0934. The summed E-state index contributed by atoms with van der Waals surface area (Å²) in [6.07, 6.45) is 2.27. The number of pyridine rings is 1. The maximum Gasteiger partial charge on any atom is 0.270 e. The molecule has 0 saturated carbocycles. The zero-order chi connectivity index (χ0) is 20.3. The summed E-state index contributed by atoms with van der Waals surface area (Å²) in [6.45, 7) is 5.84. The number of aryl methyl sites for hydroxylation is 1. The fourth-order valence-corrected chi connectivity index (χ4v) is 3.00. The molecular formula is C22H22ClN3O2. The highest BCUT2D eigenvalue weighted by Crippen LogP contribution is 2.24. The maximum atomic E-state index is 12.8. The van der Waals surface area contributed by atoms with Gasteiger partial charge in [-0.15, -0.1) is 0 Å². The first-order chi connectivity index (χ1) is 13.4. The number of carbonyl (C=O) groups is 2. The molecule has 0 spiro atoms. The molecule has 0 aliphatic rings. The van der Waals surface area contributed by atoms with Gasteiger partial charge in [-0.25, -0.2) is 4.98 Å². The van der Waals surface area contributed by atoms with Crippen LogP contribution in [0.3, 0.4) is 0 Å². The number of aromatic nitrogens is 1. The third-order valence-corrected chi connectivity index (χ3v) is 5.08. The molecule has 3 aromatic rings. The van der Waals surface area contributed by atoms with E-state index in [0.717, 1.165) is 12.0 Å². The van der Waals surface area contributed by atoms with Crippen molar-refractivity contribution in [1.82, 2.24) is 10.3 Å². The summed E-state index contributed by atoms with van der Waals surface area (Å²) in [4.78, 5) is 29.7. The third kappa shape index (κ3) is 4.15. The molecule has 0 radical (unpaired) electrons. The van der Waals surface area contributed by atoms with Crippen molar-refractivity contribution in [3.8, 4) is 0 Å². The average molecular weight is 396 g/mol. The van der Waals surface area contributed by atoms with Crippen molar-refractivity contribution < 1.29 is 9.59 Å². The molecule has 1 aromatic heterocycles. The Labute approximate surface area is 169 Å². The quantitative estimate of drug-likeness (QED) is 0.640. The summed E-state index contributed by atoms with van der Waals surface area (Å²) in [5, 5.41) is 7.65. The van der Waals surface area contributed by atoms with Gasteiger partial charge in [0.1, 0.15) is 5.69 Å². The topological polar surface area (TPSA) is 71.1 Å². The Morgan fingerprint density at radius 1 is 1.11 bits per heavy atom. The van der Waals surface area contributed by atoms with Gasteiger partial charge in [0.25, 0.3) is 11.8 Å². The predicted octanol–water partition coefficient (Wildman–Crippen LogP) is 4.98. The highest BCUT2D eigenvalue weighted by atomic mass is 35.5. The first kappa shape index (κ1) is 19.8. The Morgan fingerprint density at radius 2 is 1.82 bits per heavy atom. The maximum absolute atomic E-state index is 12.8. The van der Waals surface area contributed by atoms with Crippen LogP contribution in [0, 0.1) is 6.92 Å². The Hall–Kier alpha value is -2.92. The normalized spacial score (nSPS) is 11.9. The number of anilines is 1. The Kier molecular flexibility index (Phi) is 5.95. The van der Waals surface area contributed by atoms with E-state index in [9.17, 15) is 9.59 Å². The smallest absolute Gasteiger partial charge is 0.270 e. The predicted molar refractivity (Wildman–Crippen MR) is 113 cm³/mol. The summed E-state index contributed by atoms with van der Waals surface area (Å²) in [5.74, 6) is -0.555. The van der Waals surface area contributed by atoms with E-state index in [1.54, 1.807) is 18.2 Å². The average Bonchev–Trinajstić information content (AvgIpc) is 2.69. The van der Waals surface area contributed by atoms with Crippen molar-refractivity contribution in [2.75, 3.05) is 5.32 Å². The van der Waals surface area contributed by atoms with Crippen LogP contribution in [-0.2, 0) is 0 Å². The first-order valence-electron chi connectivity index (χ1n) is 9.16. The summed E-state index contributed by atoms with van der Waals surface area (Å²) in [7, 11) is 0. The highest BCUT2D eigenvalue weighted by Gasteiger charge is 2.18. The lowest BCUT2D eigenvalue weighted by atomic mass is 10.0. The van der Waals surface area contributed by atoms with Crippen LogP contribution in [0.15, 0.2) is 48.7 Å². The van der Waals surface area contributed by atoms with E-state index in [1.165, 1.54) is 6.20 Å². The molecule has 2 amide bonds. The van der Waals surface area contributed by atoms with Gasteiger partial charge in [0.2, 0.25) is 0 Å². The summed E-state index contributed by atoms with van der Waals surface area (Å²) in [5.41, 5.74) is 2.24. The zero-order valence-electron chi connectivity index (χ0n) is 16.0. The fraction of sp³-hybridized carbons (Fsp3) is 0.227. The lowest BCUT2D eigenvalue weighted by Crippen LogP contribution is -2.32. The molecule has 0 aliphatic carbocycles. The van der Waals surface area contributed by atoms with Crippen LogP contribution >= 0.6 is 11.6 Å². The minimum atomic E-state index is -0.308. The van der Waals surface area contributed by atoms with Gasteiger partial charge in [-0.3, -0.25) is 9.59 Å². The number of halogens is 1. The molecule has 2 N–H and O–H groups in total. The number of nitrogens with zero attached hydrogens (tertiary/aromatic N) is 1. The number of benzene rings is 2. The number of rotatable bonds is 5. The summed E-state index contributed by atoms with van der Waals surface area (Å²) >= 11 is 6.14. The molecular weight excluding hydrogens is 374 g/mol. The van der Waals surface area contributed by atoms with E-state index in [1.807, 2.05) is 45.0 Å². The molecule has 1 atom stereocenters. The van der Waals surface area contributed by atoms with Crippen LogP contribution in [-0.4, -0.2) is 22.8 Å². The van der Waals surface area contributed by atoms with Crippen LogP contribution in [0.1, 0.15) is 46.7 Å². The molecule has 0 unspecified atom stereocenters. The van der Waals surface area contributed by atoms with Gasteiger partial charge in [-0.05, 0) is 43.4 Å². The van der Waals surface area contributed by atoms with Crippen molar-refractivity contribution in [2.24, 2.45) is 0 Å². The van der Waals surface area contributed by atoms with Crippen LogP contribution in [0.2, 0.25) is 5.02 Å². The molecule has 0 bridgehead atoms. The lowest BCUT2D eigenvalue weighted by Gasteiger charge is -2.14. The van der Waals surface area contributed by atoms with Crippen molar-refractivity contribution >= 4 is 39.9 Å². The van der Waals surface area contributed by atoms with E-state index >= 15 is 0 Å². The van der Waals surface area contributed by atoms with Gasteiger partial charge in [-0.2, -0.15) is 0 Å². The molecule has 0 aliphatic heterocycles. The van der Waals surface area contributed by atoms with E-state index in [-0.39, 0.29) is 17.9 Å². The molecule has 0 fully saturated rings. The van der Waals surface area contributed by atoms with Crippen molar-refractivity contribution in [2.45, 2.75) is 33.2 Å². The van der Waals surface area contributed by atoms with Crippen LogP contribution in [0.5, 0.6) is 0 Å². The standard InChI is InChI=1S/C22H22ClN3O2/c1-4-14(3)25-22(28)20-17-8-6-5-7-16(17)18(12-24-20)21(27)26-15-10-9-13(2)19(23)11-15/h5-12,14H,4H2,1-3H3,(H,25,28)(H,26,27)/t14-/m1/s1. The second-order valence-electron chi connectivity index (χ2n) is 6.77. The van der Waals surface area contributed by atoms with Gasteiger partial charge >= 0.3 is 0 Å². The van der Waals surface area contributed by atoms with Gasteiger partial charge in [-0.1, -0.05) is 48.9 Å². The van der Waals surface area contributed by atoms with E-state index in [0.29, 0.717) is 32.7 Å². The third-order valence-electron chi connectivity index (χ3n) is 4.67. The van der Waals surface area contributed by atoms with Crippen molar-refractivity contribution in [3.63, 3.8) is 0 Å². The Bertz CT molecular complexity index is 1050. The Morgan fingerprint density at radius 3 is 2.50 bits per heavy atom. The number of fused-ring (bicyclic) bond motifs is 1.